The Morgan fingerprint density at radius 2 is 1.77 bits per heavy atom. The van der Waals surface area contributed by atoms with E-state index in [1.54, 1.807) is 6.26 Å². The van der Waals surface area contributed by atoms with Gasteiger partial charge < -0.3 is 4.74 Å². The quantitative estimate of drug-likeness (QED) is 0.647. The molecule has 0 heterocycles. The van der Waals surface area contributed by atoms with Crippen LogP contribution in [0.5, 0.6) is 0 Å². The number of ether oxygens (including phenoxy) is 1. The molecule has 0 N–H and O–H groups in total. The molecule has 0 aliphatic rings. The molecule has 0 fully saturated rings. The maximum absolute atomic E-state index is 8.45. The van der Waals surface area contributed by atoms with Gasteiger partial charge in [0, 0.05) is 0 Å². The predicted octanol–water partition coefficient (Wildman–Crippen LogP) is 2.73. The highest BCUT2D eigenvalue weighted by molar-refractivity contribution is 5.25. The van der Waals surface area contributed by atoms with Gasteiger partial charge in [0.05, 0.1) is 0 Å². The lowest BCUT2D eigenvalue weighted by Gasteiger charge is -2.21. The largest absolute Gasteiger partial charge is 0.417 e. The molecule has 0 spiro atoms. The van der Waals surface area contributed by atoms with E-state index >= 15 is 0 Å². The van der Waals surface area contributed by atoms with E-state index in [0.717, 1.165) is 5.56 Å². The van der Waals surface area contributed by atoms with Crippen molar-refractivity contribution in [1.29, 1.82) is 5.26 Å². The number of hydrogen-bond acceptors (Lipinski definition) is 2. The minimum absolute atomic E-state index is 0.525. The van der Waals surface area contributed by atoms with Crippen molar-refractivity contribution < 1.29 is 4.74 Å². The van der Waals surface area contributed by atoms with Gasteiger partial charge in [-0.15, -0.1) is 0 Å². The molecule has 0 aromatic heterocycles. The first-order valence-electron chi connectivity index (χ1n) is 4.20. The predicted molar refractivity (Wildman–Crippen MR) is 50.9 cm³/mol. The van der Waals surface area contributed by atoms with Crippen molar-refractivity contribution in [2.45, 2.75) is 26.4 Å². The van der Waals surface area contributed by atoms with E-state index in [0.29, 0.717) is 0 Å². The van der Waals surface area contributed by atoms with E-state index in [4.69, 9.17) is 10.00 Å². The van der Waals surface area contributed by atoms with Crippen molar-refractivity contribution >= 4 is 0 Å². The first-order valence-corrected chi connectivity index (χ1v) is 4.20. The second-order valence-corrected chi connectivity index (χ2v) is 3.57. The zero-order valence-corrected chi connectivity index (χ0v) is 8.16. The van der Waals surface area contributed by atoms with Gasteiger partial charge in [0.1, 0.15) is 5.60 Å². The fourth-order valence-electron chi connectivity index (χ4n) is 1.13. The normalized spacial score (nSPS) is 10.6. The fourth-order valence-corrected chi connectivity index (χ4v) is 1.13. The molecule has 0 radical (unpaired) electrons. The summed E-state index contributed by atoms with van der Waals surface area (Å²) in [4.78, 5) is 0. The second kappa shape index (κ2) is 3.49. The molecule has 1 aromatic carbocycles. The number of hydrogen-bond donors (Lipinski definition) is 0. The second-order valence-electron chi connectivity index (χ2n) is 3.57. The van der Waals surface area contributed by atoms with Crippen molar-refractivity contribution in [3.05, 3.63) is 35.4 Å². The molecule has 1 aromatic rings. The Morgan fingerprint density at radius 3 is 2.23 bits per heavy atom. The molecule has 0 saturated heterocycles. The summed E-state index contributed by atoms with van der Waals surface area (Å²) in [6.45, 7) is 5.78. The summed E-state index contributed by atoms with van der Waals surface area (Å²) in [5.41, 5.74) is 1.69. The summed E-state index contributed by atoms with van der Waals surface area (Å²) in [5, 5.41) is 8.45. The van der Waals surface area contributed by atoms with Gasteiger partial charge in [0.25, 0.3) is 6.26 Å². The number of rotatable bonds is 2. The van der Waals surface area contributed by atoms with Crippen molar-refractivity contribution in [3.8, 4) is 6.26 Å². The summed E-state index contributed by atoms with van der Waals surface area (Å²) in [6.07, 6.45) is 1.72. The van der Waals surface area contributed by atoms with E-state index in [1.165, 1.54) is 5.56 Å². The van der Waals surface area contributed by atoms with E-state index in [2.05, 4.69) is 0 Å². The highest BCUT2D eigenvalue weighted by atomic mass is 16.5. The van der Waals surface area contributed by atoms with E-state index < -0.39 is 5.60 Å². The van der Waals surface area contributed by atoms with E-state index in [1.807, 2.05) is 45.0 Å². The van der Waals surface area contributed by atoms with Crippen LogP contribution in [0, 0.1) is 18.4 Å². The van der Waals surface area contributed by atoms with Crippen LogP contribution in [0.15, 0.2) is 24.3 Å². The Morgan fingerprint density at radius 1 is 1.23 bits per heavy atom. The third-order valence-corrected chi connectivity index (χ3v) is 2.05. The van der Waals surface area contributed by atoms with Crippen LogP contribution in [0.4, 0.5) is 0 Å². The molecule has 0 aliphatic carbocycles. The highest BCUT2D eigenvalue weighted by Crippen LogP contribution is 2.24. The summed E-state index contributed by atoms with van der Waals surface area (Å²) >= 11 is 0. The Kier molecular flexibility index (Phi) is 2.57. The molecule has 68 valence electrons. The molecule has 0 saturated carbocycles. The lowest BCUT2D eigenvalue weighted by atomic mass is 9.97. The van der Waals surface area contributed by atoms with Crippen molar-refractivity contribution in [2.24, 2.45) is 0 Å². The lowest BCUT2D eigenvalue weighted by molar-refractivity contribution is 0.0702. The summed E-state index contributed by atoms with van der Waals surface area (Å²) in [5.74, 6) is 0. The maximum atomic E-state index is 8.45. The van der Waals surface area contributed by atoms with Crippen molar-refractivity contribution in [2.75, 3.05) is 0 Å². The molecule has 13 heavy (non-hydrogen) atoms. The first-order chi connectivity index (χ1) is 6.06. The van der Waals surface area contributed by atoms with Crippen molar-refractivity contribution in [3.63, 3.8) is 0 Å². The molecular formula is C11H13NO. The topological polar surface area (TPSA) is 33.0 Å². The Hall–Kier alpha value is -1.49. The van der Waals surface area contributed by atoms with Crippen LogP contribution in [0.2, 0.25) is 0 Å². The summed E-state index contributed by atoms with van der Waals surface area (Å²) in [7, 11) is 0. The third-order valence-electron chi connectivity index (χ3n) is 2.05. The van der Waals surface area contributed by atoms with Crippen LogP contribution in [0.3, 0.4) is 0 Å². The van der Waals surface area contributed by atoms with Gasteiger partial charge in [0.15, 0.2) is 0 Å². The zero-order valence-electron chi connectivity index (χ0n) is 8.16. The van der Waals surface area contributed by atoms with Crippen LogP contribution < -0.4 is 0 Å². The minimum Gasteiger partial charge on any atom is -0.417 e. The van der Waals surface area contributed by atoms with Crippen LogP contribution >= 0.6 is 0 Å². The minimum atomic E-state index is -0.525. The lowest BCUT2D eigenvalue weighted by Crippen LogP contribution is -2.18. The van der Waals surface area contributed by atoms with Gasteiger partial charge in [-0.2, -0.15) is 5.26 Å². The fraction of sp³-hybridized carbons (Fsp3) is 0.364. The van der Waals surface area contributed by atoms with Gasteiger partial charge in [0.2, 0.25) is 0 Å². The summed E-state index contributed by atoms with van der Waals surface area (Å²) < 4.78 is 4.96. The Labute approximate surface area is 78.8 Å². The number of nitrogens with zero attached hydrogens (tertiary/aromatic N) is 1. The number of benzene rings is 1. The van der Waals surface area contributed by atoms with Gasteiger partial charge in [-0.3, -0.25) is 0 Å². The average Bonchev–Trinajstić information content (AvgIpc) is 2.05. The zero-order chi connectivity index (χ0) is 9.90. The molecule has 2 heteroatoms. The summed E-state index contributed by atoms with van der Waals surface area (Å²) in [6, 6.07) is 7.98. The Bertz CT molecular complexity index is 319. The van der Waals surface area contributed by atoms with Gasteiger partial charge in [-0.05, 0) is 26.3 Å². The standard InChI is InChI=1S/C11H13NO/c1-9-4-6-10(7-5-9)11(2,3)13-8-12/h4-7H,1-3H3. The third kappa shape index (κ3) is 2.22. The number of aryl methyl sites for hydroxylation is 1. The smallest absolute Gasteiger partial charge is 0.287 e. The molecule has 0 unspecified atom stereocenters. The molecule has 0 atom stereocenters. The van der Waals surface area contributed by atoms with Crippen LogP contribution in [0.25, 0.3) is 0 Å². The molecule has 0 bridgehead atoms. The van der Waals surface area contributed by atoms with E-state index in [-0.39, 0.29) is 0 Å². The van der Waals surface area contributed by atoms with Gasteiger partial charge in [-0.1, -0.05) is 29.8 Å². The molecule has 2 nitrogen and oxygen atoms in total. The number of nitriles is 1. The highest BCUT2D eigenvalue weighted by Gasteiger charge is 2.21. The van der Waals surface area contributed by atoms with E-state index in [9.17, 15) is 0 Å². The van der Waals surface area contributed by atoms with Crippen LogP contribution in [-0.2, 0) is 10.3 Å². The average molecular weight is 175 g/mol. The SMILES string of the molecule is Cc1ccc(C(C)(C)OC#N)cc1. The maximum Gasteiger partial charge on any atom is 0.287 e. The molecule has 1 rings (SSSR count). The molecule has 0 aliphatic heterocycles. The first kappa shape index (κ1) is 9.60. The van der Waals surface area contributed by atoms with Crippen LogP contribution in [-0.4, -0.2) is 0 Å². The molecular weight excluding hydrogens is 162 g/mol. The van der Waals surface area contributed by atoms with Gasteiger partial charge in [-0.25, -0.2) is 0 Å². The molecule has 0 amide bonds. The van der Waals surface area contributed by atoms with Crippen molar-refractivity contribution in [1.82, 2.24) is 0 Å². The monoisotopic (exact) mass is 175 g/mol. The Balaban J connectivity index is 2.95. The van der Waals surface area contributed by atoms with Gasteiger partial charge >= 0.3 is 0 Å². The van der Waals surface area contributed by atoms with Crippen LogP contribution in [0.1, 0.15) is 25.0 Å².